The molecule has 150 valence electrons. The van der Waals surface area contributed by atoms with Crippen LogP contribution in [0.15, 0.2) is 35.3 Å². The van der Waals surface area contributed by atoms with Crippen molar-refractivity contribution in [2.45, 2.75) is 38.0 Å². The van der Waals surface area contributed by atoms with Crippen LogP contribution in [0.1, 0.15) is 38.8 Å². The van der Waals surface area contributed by atoms with Gasteiger partial charge in [0.15, 0.2) is 9.84 Å². The highest BCUT2D eigenvalue weighted by molar-refractivity contribution is 7.93. The van der Waals surface area contributed by atoms with Crippen molar-refractivity contribution in [3.8, 4) is 11.8 Å². The Labute approximate surface area is 173 Å². The number of halogens is 1. The molecule has 1 aliphatic rings. The van der Waals surface area contributed by atoms with Crippen LogP contribution in [0.3, 0.4) is 0 Å². The lowest BCUT2D eigenvalue weighted by Gasteiger charge is -2.37. The summed E-state index contributed by atoms with van der Waals surface area (Å²) >= 11 is 1.49. The van der Waals surface area contributed by atoms with Crippen molar-refractivity contribution < 1.29 is 12.8 Å². The third-order valence-electron chi connectivity index (χ3n) is 5.64. The molecule has 7 heteroatoms. The summed E-state index contributed by atoms with van der Waals surface area (Å²) in [4.78, 5) is 4.47. The van der Waals surface area contributed by atoms with Crippen LogP contribution in [0, 0.1) is 17.7 Å². The van der Waals surface area contributed by atoms with Crippen LogP contribution >= 0.6 is 11.3 Å². The van der Waals surface area contributed by atoms with Gasteiger partial charge in [0, 0.05) is 31.3 Å². The highest BCUT2D eigenvalue weighted by Crippen LogP contribution is 2.42. The first-order chi connectivity index (χ1) is 13.5. The summed E-state index contributed by atoms with van der Waals surface area (Å²) in [6, 6.07) is 9.07. The average Bonchev–Trinajstić information content (AvgIpc) is 2.96. The molecule has 0 radical (unpaired) electrons. The van der Waals surface area contributed by atoms with E-state index < -0.39 is 25.9 Å². The van der Waals surface area contributed by atoms with E-state index in [1.165, 1.54) is 31.3 Å². The summed E-state index contributed by atoms with van der Waals surface area (Å²) in [5, 5.41) is 1.82. The molecular formula is C22H21FN2O2S2. The predicted octanol–water partition coefficient (Wildman–Crippen LogP) is 4.34. The summed E-state index contributed by atoms with van der Waals surface area (Å²) in [7, 11) is -3.62. The molecule has 0 amide bonds. The van der Waals surface area contributed by atoms with Crippen molar-refractivity contribution in [2.24, 2.45) is 10.7 Å². The molecule has 2 aromatic carbocycles. The zero-order chi connectivity index (χ0) is 21.2. The minimum Gasteiger partial charge on any atom is -0.386 e. The van der Waals surface area contributed by atoms with Crippen LogP contribution in [0.2, 0.25) is 0 Å². The van der Waals surface area contributed by atoms with Gasteiger partial charge in [0.25, 0.3) is 0 Å². The Kier molecular flexibility index (Phi) is 4.30. The molecule has 2 heterocycles. The Balaban J connectivity index is 2.00. The molecule has 2 N–H and O–H groups in total. The number of fused-ring (bicyclic) bond motifs is 3. The van der Waals surface area contributed by atoms with E-state index in [0.717, 1.165) is 25.7 Å². The van der Waals surface area contributed by atoms with Gasteiger partial charge in [0.1, 0.15) is 21.9 Å². The fourth-order valence-corrected chi connectivity index (χ4v) is 6.49. The summed E-state index contributed by atoms with van der Waals surface area (Å²) in [6.45, 7) is 6.46. The molecular weight excluding hydrogens is 407 g/mol. The van der Waals surface area contributed by atoms with Gasteiger partial charge in [-0.15, -0.1) is 17.3 Å². The number of rotatable bonds is 1. The third-order valence-corrected chi connectivity index (χ3v) is 9.48. The molecule has 3 aromatic rings. The minimum absolute atomic E-state index is 0.00132. The second-order valence-electron chi connectivity index (χ2n) is 8.06. The van der Waals surface area contributed by atoms with Gasteiger partial charge < -0.3 is 5.73 Å². The molecule has 4 rings (SSSR count). The Bertz CT molecular complexity index is 1370. The second-order valence-corrected chi connectivity index (χ2v) is 11.7. The van der Waals surface area contributed by atoms with Crippen molar-refractivity contribution in [3.05, 3.63) is 47.3 Å². The Hall–Kier alpha value is -2.43. The zero-order valence-electron chi connectivity index (χ0n) is 16.6. The van der Waals surface area contributed by atoms with Crippen molar-refractivity contribution >= 4 is 47.2 Å². The Morgan fingerprint density at radius 2 is 1.83 bits per heavy atom. The summed E-state index contributed by atoms with van der Waals surface area (Å²) < 4.78 is 41.4. The lowest BCUT2D eigenvalue weighted by molar-refractivity contribution is 0.476. The number of hydrogen-bond acceptors (Lipinski definition) is 5. The average molecular weight is 429 g/mol. The van der Waals surface area contributed by atoms with Gasteiger partial charge in [0.05, 0.1) is 5.75 Å². The maximum atomic E-state index is 15.1. The van der Waals surface area contributed by atoms with E-state index in [1.54, 1.807) is 19.9 Å². The molecule has 1 atom stereocenters. The quantitative estimate of drug-likeness (QED) is 0.586. The van der Waals surface area contributed by atoms with Gasteiger partial charge in [-0.25, -0.2) is 12.8 Å². The summed E-state index contributed by atoms with van der Waals surface area (Å²) in [5.41, 5.74) is 5.85. The van der Waals surface area contributed by atoms with Gasteiger partial charge in [-0.3, -0.25) is 4.99 Å². The monoisotopic (exact) mass is 428 g/mol. The van der Waals surface area contributed by atoms with Crippen molar-refractivity contribution in [3.63, 3.8) is 0 Å². The maximum absolute atomic E-state index is 15.1. The number of sulfone groups is 1. The highest BCUT2D eigenvalue weighted by atomic mass is 32.2. The fraction of sp³-hybridized carbons (Fsp3) is 0.318. The predicted molar refractivity (Wildman–Crippen MR) is 119 cm³/mol. The lowest BCUT2D eigenvalue weighted by atomic mass is 9.91. The summed E-state index contributed by atoms with van der Waals surface area (Å²) in [6.07, 6.45) is 0. The topological polar surface area (TPSA) is 72.5 Å². The van der Waals surface area contributed by atoms with Crippen LogP contribution in [0.5, 0.6) is 0 Å². The van der Waals surface area contributed by atoms with Crippen molar-refractivity contribution in [2.75, 3.05) is 5.75 Å². The van der Waals surface area contributed by atoms with E-state index in [-0.39, 0.29) is 17.2 Å². The normalized spacial score (nSPS) is 22.9. The van der Waals surface area contributed by atoms with Crippen LogP contribution < -0.4 is 5.73 Å². The molecule has 4 nitrogen and oxygen atoms in total. The van der Waals surface area contributed by atoms with Gasteiger partial charge in [-0.2, -0.15) is 0 Å². The number of benzene rings is 2. The van der Waals surface area contributed by atoms with Gasteiger partial charge in [-0.1, -0.05) is 5.92 Å². The highest BCUT2D eigenvalue weighted by Gasteiger charge is 2.49. The maximum Gasteiger partial charge on any atom is 0.165 e. The lowest BCUT2D eigenvalue weighted by Crippen LogP contribution is -2.54. The van der Waals surface area contributed by atoms with Crippen LogP contribution in [0.25, 0.3) is 20.2 Å². The van der Waals surface area contributed by atoms with Gasteiger partial charge in [0.2, 0.25) is 0 Å². The van der Waals surface area contributed by atoms with E-state index in [4.69, 9.17) is 5.73 Å². The standard InChI is InChI=1S/C22H21FN2O2S2/c1-5-6-13-7-8-18-14(9-13)15-10-16(17(23)11-19(15)28-18)22(4)12-29(26,27)21(2,3)20(24)25-22/h7-11H,12H2,1-4H3,(H2,24,25)/t22-/m0/s1. The largest absolute Gasteiger partial charge is 0.386 e. The SMILES string of the molecule is CC#Cc1ccc2sc3cc(F)c([C@]4(C)CS(=O)(=O)C(C)(C)C(N)=N4)cc3c2c1. The van der Waals surface area contributed by atoms with E-state index >= 15 is 4.39 Å². The van der Waals surface area contributed by atoms with Crippen molar-refractivity contribution in [1.29, 1.82) is 0 Å². The molecule has 0 bridgehead atoms. The molecule has 0 spiro atoms. The molecule has 0 saturated heterocycles. The number of nitrogens with two attached hydrogens (primary N) is 1. The van der Waals surface area contributed by atoms with Gasteiger partial charge >= 0.3 is 0 Å². The van der Waals surface area contributed by atoms with E-state index in [0.29, 0.717) is 0 Å². The molecule has 0 aliphatic carbocycles. The minimum atomic E-state index is -3.62. The smallest absolute Gasteiger partial charge is 0.165 e. The first-order valence-electron chi connectivity index (χ1n) is 9.16. The number of amidine groups is 1. The van der Waals surface area contributed by atoms with Crippen LogP contribution in [0.4, 0.5) is 4.39 Å². The Morgan fingerprint density at radius 3 is 2.48 bits per heavy atom. The van der Waals surface area contributed by atoms with E-state index in [9.17, 15) is 8.42 Å². The number of nitrogens with zero attached hydrogens (tertiary/aromatic N) is 1. The Morgan fingerprint density at radius 1 is 1.14 bits per heavy atom. The van der Waals surface area contributed by atoms with E-state index in [1.807, 2.05) is 18.2 Å². The van der Waals surface area contributed by atoms with Crippen LogP contribution in [-0.2, 0) is 15.4 Å². The molecule has 29 heavy (non-hydrogen) atoms. The van der Waals surface area contributed by atoms with E-state index in [2.05, 4.69) is 16.8 Å². The first kappa shape index (κ1) is 19.9. The molecule has 1 aromatic heterocycles. The number of thiophene rings is 1. The molecule has 0 fully saturated rings. The van der Waals surface area contributed by atoms with Crippen LogP contribution in [-0.4, -0.2) is 24.8 Å². The third kappa shape index (κ3) is 2.93. The second kappa shape index (κ2) is 6.28. The fourth-order valence-electron chi connectivity index (χ4n) is 3.71. The van der Waals surface area contributed by atoms with Gasteiger partial charge in [-0.05, 0) is 58.0 Å². The number of hydrogen-bond donors (Lipinski definition) is 1. The molecule has 1 aliphatic heterocycles. The molecule has 0 saturated carbocycles. The number of aliphatic imine (C=N–C) groups is 1. The summed E-state index contributed by atoms with van der Waals surface area (Å²) in [5.74, 6) is 5.14. The zero-order valence-corrected chi connectivity index (χ0v) is 18.3. The molecule has 0 unspecified atom stereocenters. The van der Waals surface area contributed by atoms with Crippen molar-refractivity contribution in [1.82, 2.24) is 0 Å². The first-order valence-corrected chi connectivity index (χ1v) is 11.6.